The minimum atomic E-state index is -3.75. The average molecular weight is 287 g/mol. The van der Waals surface area contributed by atoms with Gasteiger partial charge in [0.2, 0.25) is 15.9 Å². The van der Waals surface area contributed by atoms with Crippen LogP contribution >= 0.6 is 0 Å². The van der Waals surface area contributed by atoms with Crippen LogP contribution in [0.25, 0.3) is 0 Å². The van der Waals surface area contributed by atoms with Crippen LogP contribution in [0.15, 0.2) is 9.42 Å². The number of nitrogens with one attached hydrogen (secondary N) is 1. The normalized spacial score (nSPS) is 15.8. The van der Waals surface area contributed by atoms with Gasteiger partial charge in [0.25, 0.3) is 0 Å². The second kappa shape index (κ2) is 4.93. The number of likely N-dealkylation sites (N-methyl/N-ethyl adjacent to an activating group) is 1. The van der Waals surface area contributed by atoms with Gasteiger partial charge in [0.15, 0.2) is 5.76 Å². The van der Waals surface area contributed by atoms with Gasteiger partial charge in [0.1, 0.15) is 10.6 Å². The van der Waals surface area contributed by atoms with E-state index in [1.165, 1.54) is 14.0 Å². The molecule has 0 saturated heterocycles. The predicted molar refractivity (Wildman–Crippen MR) is 67.0 cm³/mol. The smallest absolute Gasteiger partial charge is 0.248 e. The molecule has 1 aromatic heterocycles. The van der Waals surface area contributed by atoms with Gasteiger partial charge in [-0.1, -0.05) is 5.16 Å². The fourth-order valence-electron chi connectivity index (χ4n) is 1.79. The Morgan fingerprint density at radius 1 is 1.47 bits per heavy atom. The summed E-state index contributed by atoms with van der Waals surface area (Å²) in [5.74, 6) is -0.0627. The molecule has 0 atom stereocenters. The monoisotopic (exact) mass is 287 g/mol. The van der Waals surface area contributed by atoms with Crippen LogP contribution in [0.2, 0.25) is 0 Å². The molecule has 0 radical (unpaired) electrons. The molecule has 0 aromatic carbocycles. The lowest BCUT2D eigenvalue weighted by atomic mass is 10.4. The maximum absolute atomic E-state index is 12.3. The van der Waals surface area contributed by atoms with Gasteiger partial charge in [0, 0.05) is 13.1 Å². The number of nitrogens with zero attached hydrogens (tertiary/aromatic N) is 2. The van der Waals surface area contributed by atoms with Crippen LogP contribution in [0.5, 0.6) is 0 Å². The summed E-state index contributed by atoms with van der Waals surface area (Å²) < 4.78 is 30.5. The molecule has 1 N–H and O–H groups in total. The van der Waals surface area contributed by atoms with Gasteiger partial charge in [-0.3, -0.25) is 4.79 Å². The summed E-state index contributed by atoms with van der Waals surface area (Å²) >= 11 is 0. The molecule has 1 amide bonds. The molecule has 1 aromatic rings. The molecule has 19 heavy (non-hydrogen) atoms. The largest absolute Gasteiger partial charge is 0.360 e. The van der Waals surface area contributed by atoms with Crippen LogP contribution in [-0.2, 0) is 14.8 Å². The molecule has 1 aliphatic carbocycles. The summed E-state index contributed by atoms with van der Waals surface area (Å²) in [5, 5.41) is 6.37. The highest BCUT2D eigenvalue weighted by atomic mass is 32.2. The van der Waals surface area contributed by atoms with E-state index in [1.807, 2.05) is 0 Å². The first-order valence-corrected chi connectivity index (χ1v) is 7.45. The van der Waals surface area contributed by atoms with Gasteiger partial charge < -0.3 is 9.84 Å². The van der Waals surface area contributed by atoms with Crippen molar-refractivity contribution in [2.45, 2.75) is 37.6 Å². The van der Waals surface area contributed by atoms with E-state index in [-0.39, 0.29) is 29.1 Å². The Morgan fingerprint density at radius 2 is 2.11 bits per heavy atom. The van der Waals surface area contributed by atoms with Crippen molar-refractivity contribution in [2.24, 2.45) is 0 Å². The lowest BCUT2D eigenvalue weighted by molar-refractivity contribution is -0.121. The van der Waals surface area contributed by atoms with Crippen LogP contribution < -0.4 is 5.32 Å². The zero-order chi connectivity index (χ0) is 14.2. The molecule has 7 nitrogen and oxygen atoms in total. The van der Waals surface area contributed by atoms with E-state index in [0.29, 0.717) is 5.69 Å². The Hall–Kier alpha value is -1.41. The summed E-state index contributed by atoms with van der Waals surface area (Å²) in [5.41, 5.74) is 0.298. The Labute approximate surface area is 112 Å². The minimum absolute atomic E-state index is 0.0363. The van der Waals surface area contributed by atoms with Crippen molar-refractivity contribution >= 4 is 15.9 Å². The molecular formula is C11H17N3O4S. The molecule has 106 valence electrons. The lowest BCUT2D eigenvalue weighted by Gasteiger charge is -2.16. The second-order valence-corrected chi connectivity index (χ2v) is 6.74. The molecule has 0 bridgehead atoms. The van der Waals surface area contributed by atoms with E-state index < -0.39 is 10.0 Å². The summed E-state index contributed by atoms with van der Waals surface area (Å²) in [6, 6.07) is 0.211. The second-order valence-electron chi connectivity index (χ2n) is 4.76. The van der Waals surface area contributed by atoms with E-state index in [0.717, 1.165) is 17.1 Å². The maximum atomic E-state index is 12.3. The molecule has 8 heteroatoms. The van der Waals surface area contributed by atoms with Crippen molar-refractivity contribution in [2.75, 3.05) is 13.6 Å². The van der Waals surface area contributed by atoms with E-state index in [9.17, 15) is 13.2 Å². The molecule has 1 saturated carbocycles. The van der Waals surface area contributed by atoms with Crippen LogP contribution in [0.1, 0.15) is 24.3 Å². The Bertz CT molecular complexity index is 570. The Kier molecular flexibility index (Phi) is 3.64. The maximum Gasteiger partial charge on any atom is 0.248 e. The topological polar surface area (TPSA) is 92.5 Å². The van der Waals surface area contributed by atoms with Crippen LogP contribution in [-0.4, -0.2) is 43.4 Å². The van der Waals surface area contributed by atoms with E-state index in [1.54, 1.807) is 6.92 Å². The van der Waals surface area contributed by atoms with Crippen LogP contribution in [0.4, 0.5) is 0 Å². The number of rotatable bonds is 5. The van der Waals surface area contributed by atoms with Crippen molar-refractivity contribution < 1.29 is 17.7 Å². The zero-order valence-corrected chi connectivity index (χ0v) is 12.0. The quantitative estimate of drug-likeness (QED) is 0.834. The first-order valence-electron chi connectivity index (χ1n) is 6.01. The number of amides is 1. The standard InChI is InChI=1S/C11H17N3O4S/c1-7-11(8(2)18-13-7)19(16,17)14(3)6-10(15)12-9-4-5-9/h9H,4-6H2,1-3H3,(H,12,15). The summed E-state index contributed by atoms with van der Waals surface area (Å²) in [4.78, 5) is 11.7. The van der Waals surface area contributed by atoms with E-state index >= 15 is 0 Å². The van der Waals surface area contributed by atoms with Gasteiger partial charge in [0.05, 0.1) is 6.54 Å². The van der Waals surface area contributed by atoms with Gasteiger partial charge >= 0.3 is 0 Å². The molecule has 1 heterocycles. The number of hydrogen-bond acceptors (Lipinski definition) is 5. The average Bonchev–Trinajstić information content (AvgIpc) is 3.03. The van der Waals surface area contributed by atoms with Crippen molar-refractivity contribution in [3.8, 4) is 0 Å². The first kappa shape index (κ1) is 14.0. The fraction of sp³-hybridized carbons (Fsp3) is 0.636. The van der Waals surface area contributed by atoms with Crippen molar-refractivity contribution in [3.63, 3.8) is 0 Å². The molecule has 1 fully saturated rings. The zero-order valence-electron chi connectivity index (χ0n) is 11.1. The van der Waals surface area contributed by atoms with Crippen molar-refractivity contribution in [1.29, 1.82) is 0 Å². The number of aryl methyl sites for hydroxylation is 2. The summed E-state index contributed by atoms with van der Waals surface area (Å²) in [7, 11) is -2.38. The van der Waals surface area contributed by atoms with Gasteiger partial charge in [-0.05, 0) is 26.7 Å². The SMILES string of the molecule is Cc1noc(C)c1S(=O)(=O)N(C)CC(=O)NC1CC1. The number of aromatic nitrogens is 1. The Morgan fingerprint density at radius 3 is 2.58 bits per heavy atom. The molecule has 0 unspecified atom stereocenters. The highest BCUT2D eigenvalue weighted by Crippen LogP contribution is 2.22. The minimum Gasteiger partial charge on any atom is -0.360 e. The van der Waals surface area contributed by atoms with Crippen molar-refractivity contribution in [1.82, 2.24) is 14.8 Å². The number of hydrogen-bond donors (Lipinski definition) is 1. The van der Waals surface area contributed by atoms with Crippen LogP contribution in [0, 0.1) is 13.8 Å². The third-order valence-corrected chi connectivity index (χ3v) is 4.99. The van der Waals surface area contributed by atoms with Crippen LogP contribution in [0.3, 0.4) is 0 Å². The third kappa shape index (κ3) is 2.95. The Balaban J connectivity index is 2.12. The number of carbonyl (C=O) groups is 1. The molecule has 1 aliphatic rings. The fourth-order valence-corrected chi connectivity index (χ4v) is 3.20. The lowest BCUT2D eigenvalue weighted by Crippen LogP contribution is -2.39. The first-order chi connectivity index (χ1) is 8.82. The molecular weight excluding hydrogens is 270 g/mol. The summed E-state index contributed by atoms with van der Waals surface area (Å²) in [6.45, 7) is 2.88. The predicted octanol–water partition coefficient (Wildman–Crippen LogP) is 0.191. The van der Waals surface area contributed by atoms with E-state index in [4.69, 9.17) is 4.52 Å². The molecule has 0 aliphatic heterocycles. The number of carbonyl (C=O) groups excluding carboxylic acids is 1. The third-order valence-electron chi connectivity index (χ3n) is 2.94. The summed E-state index contributed by atoms with van der Waals surface area (Å²) in [6.07, 6.45) is 1.93. The van der Waals surface area contributed by atoms with Gasteiger partial charge in [-0.25, -0.2) is 8.42 Å². The van der Waals surface area contributed by atoms with Crippen molar-refractivity contribution in [3.05, 3.63) is 11.5 Å². The number of sulfonamides is 1. The van der Waals surface area contributed by atoms with E-state index in [2.05, 4.69) is 10.5 Å². The van der Waals surface area contributed by atoms with Gasteiger partial charge in [-0.15, -0.1) is 0 Å². The van der Waals surface area contributed by atoms with Gasteiger partial charge in [-0.2, -0.15) is 4.31 Å². The highest BCUT2D eigenvalue weighted by molar-refractivity contribution is 7.89. The molecule has 2 rings (SSSR count). The molecule has 0 spiro atoms. The highest BCUT2D eigenvalue weighted by Gasteiger charge is 2.31.